The fraction of sp³-hybridized carbons (Fsp3) is 0.531. The molecule has 0 atom stereocenters. The van der Waals surface area contributed by atoms with Gasteiger partial charge in [-0.2, -0.15) is 0 Å². The molecule has 4 heterocycles. The minimum absolute atomic E-state index is 0.260. The largest absolute Gasteiger partial charge is 0.486 e. The van der Waals surface area contributed by atoms with Gasteiger partial charge in [0.15, 0.2) is 5.82 Å². The number of fused-ring (bicyclic) bond motifs is 2. The molecular weight excluding hydrogens is 536 g/mol. The zero-order valence-electron chi connectivity index (χ0n) is 25.8. The second-order valence-corrected chi connectivity index (χ2v) is 12.9. The monoisotopic (exact) mass is 578 g/mol. The lowest BCUT2D eigenvalue weighted by molar-refractivity contribution is 0.0270. The normalized spacial score (nSPS) is 17.4. The summed E-state index contributed by atoms with van der Waals surface area (Å²) in [5.41, 5.74) is 4.06. The van der Waals surface area contributed by atoms with Gasteiger partial charge in [0.1, 0.15) is 23.6 Å². The molecule has 2 amide bonds. The number of amides is 2. The fourth-order valence-corrected chi connectivity index (χ4v) is 5.37. The van der Waals surface area contributed by atoms with E-state index in [-0.39, 0.29) is 12.7 Å². The average molecular weight is 579 g/mol. The van der Waals surface area contributed by atoms with Gasteiger partial charge in [0, 0.05) is 38.1 Å². The van der Waals surface area contributed by atoms with Gasteiger partial charge in [-0.25, -0.2) is 19.5 Å². The van der Waals surface area contributed by atoms with Gasteiger partial charge in [-0.05, 0) is 89.8 Å². The van der Waals surface area contributed by atoms with Crippen LogP contribution >= 0.6 is 0 Å². The summed E-state index contributed by atoms with van der Waals surface area (Å²) < 4.78 is 23.5. The predicted molar refractivity (Wildman–Crippen MR) is 162 cm³/mol. The lowest BCUT2D eigenvalue weighted by Gasteiger charge is -2.32. The molecule has 1 aromatic carbocycles. The highest BCUT2D eigenvalue weighted by Gasteiger charge is 2.35. The third kappa shape index (κ3) is 6.48. The van der Waals surface area contributed by atoms with Crippen molar-refractivity contribution >= 4 is 35.0 Å². The van der Waals surface area contributed by atoms with Gasteiger partial charge in [-0.1, -0.05) is 6.08 Å². The van der Waals surface area contributed by atoms with Crippen LogP contribution in [-0.2, 0) is 20.8 Å². The maximum Gasteiger partial charge on any atom is 0.420 e. The molecule has 3 aliphatic rings. The van der Waals surface area contributed by atoms with Crippen LogP contribution in [0.4, 0.5) is 26.8 Å². The summed E-state index contributed by atoms with van der Waals surface area (Å²) >= 11 is 0. The van der Waals surface area contributed by atoms with Crippen LogP contribution in [0.15, 0.2) is 30.5 Å². The minimum Gasteiger partial charge on any atom is -0.486 e. The Morgan fingerprint density at radius 1 is 0.929 bits per heavy atom. The van der Waals surface area contributed by atoms with Gasteiger partial charge >= 0.3 is 12.2 Å². The third-order valence-corrected chi connectivity index (χ3v) is 7.24. The Labute approximate surface area is 248 Å². The molecule has 2 aromatic rings. The number of hydrogen-bond donors (Lipinski definition) is 0. The quantitative estimate of drug-likeness (QED) is 0.415. The Bertz CT molecular complexity index is 1380. The number of hydrogen-bond acceptors (Lipinski definition) is 8. The minimum atomic E-state index is -0.712. The number of rotatable bonds is 2. The summed E-state index contributed by atoms with van der Waals surface area (Å²) in [6, 6.07) is 6.02. The lowest BCUT2D eigenvalue weighted by Crippen LogP contribution is -2.39. The highest BCUT2D eigenvalue weighted by Crippen LogP contribution is 2.45. The second-order valence-electron chi connectivity index (χ2n) is 12.9. The van der Waals surface area contributed by atoms with Crippen LogP contribution in [0.5, 0.6) is 5.75 Å². The lowest BCUT2D eigenvalue weighted by atomic mass is 9.96. The first-order valence-electron chi connectivity index (χ1n) is 14.6. The average Bonchev–Trinajstić information content (AvgIpc) is 3.09. The van der Waals surface area contributed by atoms with Crippen LogP contribution in [0.3, 0.4) is 0 Å². The molecule has 0 radical (unpaired) electrons. The van der Waals surface area contributed by atoms with Crippen LogP contribution in [-0.4, -0.2) is 72.7 Å². The molecule has 0 bridgehead atoms. The van der Waals surface area contributed by atoms with Gasteiger partial charge in [-0.15, -0.1) is 0 Å². The van der Waals surface area contributed by atoms with E-state index in [9.17, 15) is 9.59 Å². The third-order valence-electron chi connectivity index (χ3n) is 7.24. The first-order valence-corrected chi connectivity index (χ1v) is 14.6. The molecule has 0 N–H and O–H groups in total. The van der Waals surface area contributed by atoms with Crippen LogP contribution in [0.25, 0.3) is 5.57 Å². The van der Waals surface area contributed by atoms with Crippen molar-refractivity contribution in [1.82, 2.24) is 9.88 Å². The van der Waals surface area contributed by atoms with Crippen molar-refractivity contribution in [3.63, 3.8) is 0 Å². The van der Waals surface area contributed by atoms with Gasteiger partial charge < -0.3 is 28.7 Å². The van der Waals surface area contributed by atoms with Crippen molar-refractivity contribution in [3.05, 3.63) is 47.2 Å². The van der Waals surface area contributed by atoms with E-state index in [1.165, 1.54) is 0 Å². The Morgan fingerprint density at radius 2 is 1.62 bits per heavy atom. The summed E-state index contributed by atoms with van der Waals surface area (Å²) in [7, 11) is 0. The van der Waals surface area contributed by atoms with E-state index in [1.807, 2.05) is 66.7 Å². The Hall–Kier alpha value is -3.79. The first-order chi connectivity index (χ1) is 19.8. The highest BCUT2D eigenvalue weighted by molar-refractivity contribution is 6.00. The molecule has 10 nitrogen and oxygen atoms in total. The number of carbonyl (C=O) groups excluding carboxylic acids is 2. The number of aryl methyl sites for hydroxylation is 1. The molecule has 1 fully saturated rings. The van der Waals surface area contributed by atoms with Crippen LogP contribution in [0.1, 0.15) is 64.7 Å². The number of anilines is 3. The van der Waals surface area contributed by atoms with Gasteiger partial charge in [-0.3, -0.25) is 0 Å². The number of carbonyl (C=O) groups is 2. The topological polar surface area (TPSA) is 93.7 Å². The highest BCUT2D eigenvalue weighted by atomic mass is 16.6. The van der Waals surface area contributed by atoms with Crippen molar-refractivity contribution in [2.75, 3.05) is 49.2 Å². The maximum absolute atomic E-state index is 13.9. The van der Waals surface area contributed by atoms with E-state index in [0.717, 1.165) is 41.0 Å². The van der Waals surface area contributed by atoms with Crippen molar-refractivity contribution in [2.45, 2.75) is 72.7 Å². The number of nitrogens with zero attached hydrogens (tertiary/aromatic N) is 4. The zero-order chi connectivity index (χ0) is 30.2. The number of benzene rings is 1. The van der Waals surface area contributed by atoms with Crippen LogP contribution < -0.4 is 14.5 Å². The maximum atomic E-state index is 13.9. The predicted octanol–water partition coefficient (Wildman–Crippen LogP) is 6.22. The summed E-state index contributed by atoms with van der Waals surface area (Å²) in [5.74, 6) is 1.11. The van der Waals surface area contributed by atoms with Crippen LogP contribution in [0, 0.1) is 6.92 Å². The van der Waals surface area contributed by atoms with E-state index in [4.69, 9.17) is 23.9 Å². The molecule has 42 heavy (non-hydrogen) atoms. The number of morpholine rings is 1. The van der Waals surface area contributed by atoms with E-state index in [0.29, 0.717) is 50.0 Å². The number of ether oxygens (including phenoxy) is 4. The van der Waals surface area contributed by atoms with E-state index < -0.39 is 17.3 Å². The Balaban J connectivity index is 1.55. The Kier molecular flexibility index (Phi) is 8.11. The molecule has 1 saturated heterocycles. The smallest absolute Gasteiger partial charge is 0.420 e. The summed E-state index contributed by atoms with van der Waals surface area (Å²) in [5, 5.41) is 0. The zero-order valence-corrected chi connectivity index (χ0v) is 25.8. The first kappa shape index (κ1) is 29.7. The molecule has 0 spiro atoms. The standard InChI is InChI=1S/C32H42N4O6/c1-21-18-23(22-9-12-35(13-10-22)29(37)41-31(2,3)4)19-26-27(21)40-20-24-25(34-14-16-39-17-15-34)8-11-33-28(24)36(26)30(38)42-32(5,6)7/h8-9,11,18-19H,10,12-17,20H2,1-7H3. The fourth-order valence-electron chi connectivity index (χ4n) is 5.37. The molecule has 3 aliphatic heterocycles. The molecule has 10 heteroatoms. The van der Waals surface area contributed by atoms with Gasteiger partial charge in [0.05, 0.1) is 24.5 Å². The van der Waals surface area contributed by atoms with Crippen molar-refractivity contribution in [2.24, 2.45) is 0 Å². The molecule has 1 aromatic heterocycles. The molecule has 226 valence electrons. The summed E-state index contributed by atoms with van der Waals surface area (Å²) in [6.07, 6.45) is 3.59. The molecule has 5 rings (SSSR count). The molecule has 0 aliphatic carbocycles. The van der Waals surface area contributed by atoms with E-state index in [2.05, 4.69) is 11.0 Å². The molecule has 0 unspecified atom stereocenters. The van der Waals surface area contributed by atoms with Crippen molar-refractivity contribution < 1.29 is 28.5 Å². The number of pyridine rings is 1. The summed E-state index contributed by atoms with van der Waals surface area (Å²) in [4.78, 5) is 36.7. The van der Waals surface area contributed by atoms with E-state index >= 15 is 0 Å². The van der Waals surface area contributed by atoms with Crippen molar-refractivity contribution in [1.29, 1.82) is 0 Å². The van der Waals surface area contributed by atoms with E-state index in [1.54, 1.807) is 16.0 Å². The molecule has 0 saturated carbocycles. The Morgan fingerprint density at radius 3 is 2.26 bits per heavy atom. The van der Waals surface area contributed by atoms with Gasteiger partial charge in [0.25, 0.3) is 0 Å². The number of aromatic nitrogens is 1. The van der Waals surface area contributed by atoms with Crippen molar-refractivity contribution in [3.8, 4) is 5.75 Å². The molecular formula is C32H42N4O6. The SMILES string of the molecule is Cc1cc(C2=CCN(C(=O)OC(C)(C)C)CC2)cc2c1OCc1c(N3CCOCC3)ccnc1N2C(=O)OC(C)(C)C. The van der Waals surface area contributed by atoms with Gasteiger partial charge in [0.2, 0.25) is 0 Å². The van der Waals surface area contributed by atoms with Crippen LogP contribution in [0.2, 0.25) is 0 Å². The second kappa shape index (κ2) is 11.5. The summed E-state index contributed by atoms with van der Waals surface area (Å²) in [6.45, 7) is 17.1.